The average molecular weight is 521 g/mol. The molecule has 0 saturated heterocycles. The second-order valence-electron chi connectivity index (χ2n) is 10.5. The van der Waals surface area contributed by atoms with Crippen molar-refractivity contribution in [3.05, 3.63) is 77.1 Å². The van der Waals surface area contributed by atoms with Crippen LogP contribution in [0.3, 0.4) is 0 Å². The Labute approximate surface area is 215 Å². The summed E-state index contributed by atoms with van der Waals surface area (Å²) >= 11 is 0. The maximum Gasteiger partial charge on any atom is 0.191 e. The second kappa shape index (κ2) is 9.28. The normalized spacial score (nSPS) is 24.1. The lowest BCUT2D eigenvalue weighted by atomic mass is 9.62. The smallest absolute Gasteiger partial charge is 0.191 e. The molecule has 7 nitrogen and oxygen atoms in total. The molecule has 3 aromatic rings. The van der Waals surface area contributed by atoms with Gasteiger partial charge in [-0.05, 0) is 74.6 Å². The lowest BCUT2D eigenvalue weighted by Gasteiger charge is -2.44. The van der Waals surface area contributed by atoms with Crippen molar-refractivity contribution < 1.29 is 17.6 Å². The Kier molecular flexibility index (Phi) is 6.06. The number of benzene rings is 1. The van der Waals surface area contributed by atoms with Crippen LogP contribution in [0.2, 0.25) is 0 Å². The zero-order valence-electron chi connectivity index (χ0n) is 20.5. The van der Waals surface area contributed by atoms with Gasteiger partial charge in [-0.1, -0.05) is 36.1 Å². The molecule has 3 aliphatic rings. The number of carbonyl (C=O) groups is 1. The Hall–Kier alpha value is -3.20. The van der Waals surface area contributed by atoms with Crippen LogP contribution in [0.4, 0.5) is 4.39 Å². The highest BCUT2D eigenvalue weighted by molar-refractivity contribution is 7.92. The summed E-state index contributed by atoms with van der Waals surface area (Å²) in [7, 11) is -3.39. The fourth-order valence-corrected chi connectivity index (χ4v) is 8.89. The van der Waals surface area contributed by atoms with Crippen molar-refractivity contribution in [1.29, 1.82) is 0 Å². The van der Waals surface area contributed by atoms with E-state index in [1.807, 2.05) is 6.08 Å². The van der Waals surface area contributed by atoms with Crippen LogP contribution in [0.1, 0.15) is 73.2 Å². The second-order valence-corrected chi connectivity index (χ2v) is 13.0. The first-order valence-corrected chi connectivity index (χ1v) is 14.6. The molecule has 2 atom stereocenters. The van der Waals surface area contributed by atoms with Crippen molar-refractivity contribution in [3.63, 3.8) is 0 Å². The largest absolute Gasteiger partial charge is 0.291 e. The van der Waals surface area contributed by atoms with Crippen LogP contribution in [0.15, 0.2) is 54.2 Å². The van der Waals surface area contributed by atoms with Crippen molar-refractivity contribution in [2.24, 2.45) is 5.41 Å². The van der Waals surface area contributed by atoms with Crippen molar-refractivity contribution >= 4 is 21.7 Å². The molecule has 37 heavy (non-hydrogen) atoms. The van der Waals surface area contributed by atoms with E-state index in [4.69, 9.17) is 0 Å². The molecule has 0 aliphatic heterocycles. The van der Waals surface area contributed by atoms with Gasteiger partial charge in [0.2, 0.25) is 0 Å². The summed E-state index contributed by atoms with van der Waals surface area (Å²) in [4.78, 5) is 18.5. The van der Waals surface area contributed by atoms with E-state index in [-0.39, 0.29) is 29.7 Å². The predicted molar refractivity (Wildman–Crippen MR) is 137 cm³/mol. The summed E-state index contributed by atoms with van der Waals surface area (Å²) in [6.45, 7) is 0. The van der Waals surface area contributed by atoms with Crippen LogP contribution in [-0.4, -0.2) is 44.7 Å². The first kappa shape index (κ1) is 24.2. The number of ketones is 1. The van der Waals surface area contributed by atoms with Crippen LogP contribution < -0.4 is 0 Å². The van der Waals surface area contributed by atoms with Gasteiger partial charge in [-0.25, -0.2) is 17.5 Å². The molecule has 1 aromatic carbocycles. The molecule has 192 valence electrons. The SMILES string of the molecule is O=C(c1ccccn1)[C@]12Cc3nnn(-c4ccc(F)cc4)c3C=C1CC[C@H](S(=O)(=O)C1CCCCC1)C2. The van der Waals surface area contributed by atoms with Crippen molar-refractivity contribution in [2.45, 2.75) is 68.3 Å². The minimum Gasteiger partial charge on any atom is -0.291 e. The number of fused-ring (bicyclic) bond motifs is 2. The van der Waals surface area contributed by atoms with Crippen LogP contribution in [0.5, 0.6) is 0 Å². The highest BCUT2D eigenvalue weighted by Gasteiger charge is 2.53. The number of nitrogens with zero attached hydrogens (tertiary/aromatic N) is 4. The Balaban J connectivity index is 1.42. The van der Waals surface area contributed by atoms with Crippen LogP contribution in [0.25, 0.3) is 11.8 Å². The van der Waals surface area contributed by atoms with Gasteiger partial charge in [-0.2, -0.15) is 0 Å². The molecular weight excluding hydrogens is 491 g/mol. The van der Waals surface area contributed by atoms with Crippen molar-refractivity contribution in [1.82, 2.24) is 20.0 Å². The number of pyridine rings is 1. The van der Waals surface area contributed by atoms with Gasteiger partial charge in [0, 0.05) is 12.6 Å². The molecular formula is C28H29FN4O3S. The van der Waals surface area contributed by atoms with E-state index < -0.39 is 20.5 Å². The highest BCUT2D eigenvalue weighted by Crippen LogP contribution is 2.51. The van der Waals surface area contributed by atoms with E-state index in [1.54, 1.807) is 41.2 Å². The maximum absolute atomic E-state index is 14.1. The van der Waals surface area contributed by atoms with Crippen LogP contribution >= 0.6 is 0 Å². The predicted octanol–water partition coefficient (Wildman–Crippen LogP) is 4.91. The molecule has 0 unspecified atom stereocenters. The van der Waals surface area contributed by atoms with Gasteiger partial charge in [0.15, 0.2) is 15.6 Å². The zero-order chi connectivity index (χ0) is 25.6. The van der Waals surface area contributed by atoms with E-state index in [2.05, 4.69) is 15.3 Å². The third kappa shape index (κ3) is 4.13. The number of Topliss-reactive ketones (excluding diaryl/α,β-unsaturated/α-hetero) is 1. The van der Waals surface area contributed by atoms with E-state index >= 15 is 0 Å². The zero-order valence-corrected chi connectivity index (χ0v) is 21.3. The summed E-state index contributed by atoms with van der Waals surface area (Å²) in [5.41, 5.74) is 2.25. The Morgan fingerprint density at radius 3 is 2.51 bits per heavy atom. The Morgan fingerprint density at radius 1 is 1.00 bits per heavy atom. The van der Waals surface area contributed by atoms with E-state index in [9.17, 15) is 17.6 Å². The average Bonchev–Trinajstić information content (AvgIpc) is 3.34. The molecule has 2 saturated carbocycles. The number of carbonyl (C=O) groups excluding carboxylic acids is 1. The van der Waals surface area contributed by atoms with Gasteiger partial charge in [0.25, 0.3) is 0 Å². The van der Waals surface area contributed by atoms with E-state index in [0.717, 1.165) is 30.5 Å². The highest BCUT2D eigenvalue weighted by atomic mass is 32.2. The lowest BCUT2D eigenvalue weighted by molar-refractivity contribution is 0.0795. The van der Waals surface area contributed by atoms with E-state index in [0.29, 0.717) is 42.8 Å². The van der Waals surface area contributed by atoms with Gasteiger partial charge < -0.3 is 0 Å². The Bertz CT molecular complexity index is 1460. The van der Waals surface area contributed by atoms with Crippen LogP contribution in [0, 0.1) is 11.2 Å². The molecule has 6 rings (SSSR count). The number of hydrogen-bond acceptors (Lipinski definition) is 6. The molecule has 0 bridgehead atoms. The van der Waals surface area contributed by atoms with E-state index in [1.165, 1.54) is 12.1 Å². The number of aromatic nitrogens is 4. The number of halogens is 1. The molecule has 0 N–H and O–H groups in total. The number of allylic oxidation sites excluding steroid dienone is 1. The molecule has 0 amide bonds. The standard InChI is InChI=1S/C28H29FN4O3S/c29-20-10-12-21(13-11-20)33-26-16-19-9-14-23(37(35,36)22-6-2-1-3-7-22)17-28(19,18-25(26)31-32-33)27(34)24-8-4-5-15-30-24/h4-5,8,10-13,15-16,22-23H,1-3,6-7,9,14,17-18H2/t23-,28+/m0/s1. The topological polar surface area (TPSA) is 94.8 Å². The van der Waals surface area contributed by atoms with Gasteiger partial charge in [-0.3, -0.25) is 9.78 Å². The number of rotatable bonds is 5. The number of hydrogen-bond donors (Lipinski definition) is 0. The summed E-state index contributed by atoms with van der Waals surface area (Å²) < 4.78 is 42.7. The summed E-state index contributed by atoms with van der Waals surface area (Å²) in [5, 5.41) is 7.81. The molecule has 2 heterocycles. The summed E-state index contributed by atoms with van der Waals surface area (Å²) in [5.74, 6) is -0.501. The molecule has 0 radical (unpaired) electrons. The molecule has 9 heteroatoms. The van der Waals surface area contributed by atoms with Crippen molar-refractivity contribution in [2.75, 3.05) is 0 Å². The first-order valence-electron chi connectivity index (χ1n) is 13.0. The maximum atomic E-state index is 14.1. The van der Waals surface area contributed by atoms with Crippen molar-refractivity contribution in [3.8, 4) is 5.69 Å². The van der Waals surface area contributed by atoms with Gasteiger partial charge in [0.05, 0.1) is 33.0 Å². The quantitative estimate of drug-likeness (QED) is 0.444. The molecule has 0 spiro atoms. The fraction of sp³-hybridized carbons (Fsp3) is 0.429. The molecule has 2 aromatic heterocycles. The molecule has 2 fully saturated rings. The lowest BCUT2D eigenvalue weighted by Crippen LogP contribution is -2.47. The minimum absolute atomic E-state index is 0.162. The van der Waals surface area contributed by atoms with Gasteiger partial charge in [-0.15, -0.1) is 5.10 Å². The van der Waals surface area contributed by atoms with Gasteiger partial charge >= 0.3 is 0 Å². The number of sulfone groups is 1. The third-order valence-electron chi connectivity index (χ3n) is 8.37. The molecule has 3 aliphatic carbocycles. The van der Waals surface area contributed by atoms with Crippen LogP contribution in [-0.2, 0) is 16.3 Å². The summed E-state index contributed by atoms with van der Waals surface area (Å²) in [6.07, 6.45) is 9.41. The fourth-order valence-electron chi connectivity index (χ4n) is 6.40. The monoisotopic (exact) mass is 520 g/mol. The summed E-state index contributed by atoms with van der Waals surface area (Å²) in [6, 6.07) is 11.2. The third-order valence-corrected chi connectivity index (χ3v) is 11.1. The minimum atomic E-state index is -3.39. The first-order chi connectivity index (χ1) is 17.9. The Morgan fingerprint density at radius 2 is 1.78 bits per heavy atom. The van der Waals surface area contributed by atoms with Gasteiger partial charge in [0.1, 0.15) is 11.5 Å².